The predicted octanol–water partition coefficient (Wildman–Crippen LogP) is 2.33. The zero-order valence-electron chi connectivity index (χ0n) is 11.1. The van der Waals surface area contributed by atoms with Crippen molar-refractivity contribution in [1.29, 1.82) is 0 Å². The highest BCUT2D eigenvalue weighted by atomic mass is 79.9. The van der Waals surface area contributed by atoms with E-state index in [9.17, 15) is 9.90 Å². The monoisotopic (exact) mass is 327 g/mol. The van der Waals surface area contributed by atoms with Crippen LogP contribution >= 0.6 is 15.9 Å². The van der Waals surface area contributed by atoms with Gasteiger partial charge in [-0.25, -0.2) is 0 Å². The van der Waals surface area contributed by atoms with Crippen molar-refractivity contribution in [3.05, 3.63) is 29.3 Å². The summed E-state index contributed by atoms with van der Waals surface area (Å²) in [6.45, 7) is 4.80. The number of carbonyl (C=O) groups is 1. The summed E-state index contributed by atoms with van der Waals surface area (Å²) in [6.07, 6.45) is 0.00658. The Kier molecular flexibility index (Phi) is 4.47. The molecule has 19 heavy (non-hydrogen) atoms. The fourth-order valence-electron chi connectivity index (χ4n) is 2.18. The van der Waals surface area contributed by atoms with Gasteiger partial charge in [0.15, 0.2) is 0 Å². The van der Waals surface area contributed by atoms with Gasteiger partial charge in [-0.1, -0.05) is 28.1 Å². The van der Waals surface area contributed by atoms with E-state index in [2.05, 4.69) is 15.9 Å². The third-order valence-corrected chi connectivity index (χ3v) is 4.13. The van der Waals surface area contributed by atoms with Crippen molar-refractivity contribution in [2.24, 2.45) is 0 Å². The van der Waals surface area contributed by atoms with E-state index in [-0.39, 0.29) is 23.8 Å². The molecule has 0 aromatic heterocycles. The van der Waals surface area contributed by atoms with E-state index in [1.807, 2.05) is 6.92 Å². The lowest BCUT2D eigenvalue weighted by Gasteiger charge is -2.37. The average molecular weight is 328 g/mol. The van der Waals surface area contributed by atoms with Crippen molar-refractivity contribution in [3.8, 4) is 5.75 Å². The van der Waals surface area contributed by atoms with E-state index in [0.29, 0.717) is 29.6 Å². The molecule has 1 aromatic carbocycles. The Labute approximate surface area is 121 Å². The largest absolute Gasteiger partial charge is 0.507 e. The molecule has 0 aliphatic carbocycles. The van der Waals surface area contributed by atoms with Crippen LogP contribution < -0.4 is 0 Å². The number of hydrogen-bond donors (Lipinski definition) is 1. The van der Waals surface area contributed by atoms with E-state index < -0.39 is 0 Å². The number of hydrogen-bond acceptors (Lipinski definition) is 3. The Morgan fingerprint density at radius 1 is 1.58 bits per heavy atom. The molecule has 5 heteroatoms. The van der Waals surface area contributed by atoms with Gasteiger partial charge in [0.05, 0.1) is 24.3 Å². The minimum atomic E-state index is -0.136. The molecule has 4 nitrogen and oxygen atoms in total. The third-order valence-electron chi connectivity index (χ3n) is 3.41. The van der Waals surface area contributed by atoms with Crippen LogP contribution in [0.5, 0.6) is 5.75 Å². The molecule has 1 aliphatic heterocycles. The Hall–Kier alpha value is -1.07. The van der Waals surface area contributed by atoms with Crippen molar-refractivity contribution >= 4 is 21.8 Å². The van der Waals surface area contributed by atoms with Gasteiger partial charge >= 0.3 is 0 Å². The molecule has 2 unspecified atom stereocenters. The quantitative estimate of drug-likeness (QED) is 0.848. The molecule has 2 atom stereocenters. The smallest absolute Gasteiger partial charge is 0.258 e. The second-order valence-electron chi connectivity index (χ2n) is 4.89. The number of amides is 1. The van der Waals surface area contributed by atoms with E-state index >= 15 is 0 Å². The van der Waals surface area contributed by atoms with Gasteiger partial charge in [0, 0.05) is 11.9 Å². The van der Waals surface area contributed by atoms with Crippen molar-refractivity contribution < 1.29 is 14.6 Å². The summed E-state index contributed by atoms with van der Waals surface area (Å²) in [7, 11) is 0. The molecule has 1 fully saturated rings. The summed E-state index contributed by atoms with van der Waals surface area (Å²) in [5.74, 6) is -0.0652. The molecular formula is C14H18BrNO3. The van der Waals surface area contributed by atoms with Crippen molar-refractivity contribution in [3.63, 3.8) is 0 Å². The van der Waals surface area contributed by atoms with Crippen LogP contribution in [-0.2, 0) is 4.74 Å². The minimum absolute atomic E-state index is 0.00658. The van der Waals surface area contributed by atoms with Crippen LogP contribution in [0.15, 0.2) is 18.2 Å². The van der Waals surface area contributed by atoms with Gasteiger partial charge < -0.3 is 14.7 Å². The molecule has 1 saturated heterocycles. The summed E-state index contributed by atoms with van der Waals surface area (Å²) in [5.41, 5.74) is 1.07. The number of alkyl halides is 1. The van der Waals surface area contributed by atoms with Crippen LogP contribution in [0.2, 0.25) is 0 Å². The third kappa shape index (κ3) is 2.92. The van der Waals surface area contributed by atoms with Crippen LogP contribution in [-0.4, -0.2) is 46.5 Å². The lowest BCUT2D eigenvalue weighted by Crippen LogP contribution is -2.51. The first kappa shape index (κ1) is 14.3. The number of carbonyl (C=O) groups excluding carboxylic acids is 1. The van der Waals surface area contributed by atoms with Crippen molar-refractivity contribution in [2.45, 2.75) is 26.0 Å². The van der Waals surface area contributed by atoms with Gasteiger partial charge in [0.25, 0.3) is 5.91 Å². The van der Waals surface area contributed by atoms with Crippen LogP contribution in [0.3, 0.4) is 0 Å². The van der Waals surface area contributed by atoms with Crippen LogP contribution in [0.25, 0.3) is 0 Å². The highest BCUT2D eigenvalue weighted by Crippen LogP contribution is 2.25. The summed E-state index contributed by atoms with van der Waals surface area (Å²) in [6, 6.07) is 5.25. The second-order valence-corrected chi connectivity index (χ2v) is 5.53. The molecule has 104 valence electrons. The maximum Gasteiger partial charge on any atom is 0.258 e. The first-order chi connectivity index (χ1) is 9.04. The number of para-hydroxylation sites is 1. The first-order valence-electron chi connectivity index (χ1n) is 6.31. The number of aryl methyl sites for hydroxylation is 1. The molecule has 0 radical (unpaired) electrons. The van der Waals surface area contributed by atoms with Gasteiger partial charge in [0.2, 0.25) is 0 Å². The Bertz CT molecular complexity index is 478. The van der Waals surface area contributed by atoms with Crippen LogP contribution in [0.1, 0.15) is 22.8 Å². The Morgan fingerprint density at radius 3 is 3.00 bits per heavy atom. The standard InChI is InChI=1S/C14H18BrNO3/c1-9-4-3-5-12(13(9)17)14(18)16-7-11(6-15)19-8-10(16)2/h3-5,10-11,17H,6-8H2,1-2H3. The minimum Gasteiger partial charge on any atom is -0.507 e. The lowest BCUT2D eigenvalue weighted by atomic mass is 10.1. The molecular weight excluding hydrogens is 310 g/mol. The van der Waals surface area contributed by atoms with Crippen LogP contribution in [0, 0.1) is 6.92 Å². The fourth-order valence-corrected chi connectivity index (χ4v) is 2.57. The normalized spacial score (nSPS) is 23.4. The molecule has 1 N–H and O–H groups in total. The number of aromatic hydroxyl groups is 1. The number of benzene rings is 1. The molecule has 1 heterocycles. The highest BCUT2D eigenvalue weighted by Gasteiger charge is 2.30. The summed E-state index contributed by atoms with van der Waals surface area (Å²) in [5, 5.41) is 10.7. The Morgan fingerprint density at radius 2 is 2.32 bits per heavy atom. The topological polar surface area (TPSA) is 49.8 Å². The number of phenolic OH excluding ortho intramolecular Hbond substituents is 1. The van der Waals surface area contributed by atoms with Crippen LogP contribution in [0.4, 0.5) is 0 Å². The molecule has 0 spiro atoms. The molecule has 1 aromatic rings. The molecule has 0 saturated carbocycles. The maximum absolute atomic E-state index is 12.5. The summed E-state index contributed by atoms with van der Waals surface area (Å²) < 4.78 is 5.61. The fraction of sp³-hybridized carbons (Fsp3) is 0.500. The van der Waals surface area contributed by atoms with Gasteiger partial charge in [-0.3, -0.25) is 4.79 Å². The average Bonchev–Trinajstić information content (AvgIpc) is 2.42. The SMILES string of the molecule is Cc1cccc(C(=O)N2CC(CBr)OCC2C)c1O. The van der Waals surface area contributed by atoms with E-state index in [1.54, 1.807) is 30.0 Å². The lowest BCUT2D eigenvalue weighted by molar-refractivity contribution is -0.0362. The Balaban J connectivity index is 2.24. The van der Waals surface area contributed by atoms with Crippen molar-refractivity contribution in [1.82, 2.24) is 4.90 Å². The second kappa shape index (κ2) is 5.92. The zero-order chi connectivity index (χ0) is 14.0. The van der Waals surface area contributed by atoms with Gasteiger partial charge in [-0.05, 0) is 25.5 Å². The number of phenols is 1. The van der Waals surface area contributed by atoms with E-state index in [0.717, 1.165) is 0 Å². The molecule has 0 bridgehead atoms. The van der Waals surface area contributed by atoms with E-state index in [4.69, 9.17) is 4.74 Å². The highest BCUT2D eigenvalue weighted by molar-refractivity contribution is 9.09. The molecule has 2 rings (SSSR count). The predicted molar refractivity (Wildman–Crippen MR) is 76.9 cm³/mol. The number of nitrogens with zero attached hydrogens (tertiary/aromatic N) is 1. The number of rotatable bonds is 2. The number of halogens is 1. The molecule has 1 amide bonds. The van der Waals surface area contributed by atoms with E-state index in [1.165, 1.54) is 0 Å². The number of morpholine rings is 1. The first-order valence-corrected chi connectivity index (χ1v) is 7.43. The number of ether oxygens (including phenoxy) is 1. The van der Waals surface area contributed by atoms with Gasteiger partial charge in [-0.2, -0.15) is 0 Å². The molecule has 1 aliphatic rings. The van der Waals surface area contributed by atoms with Gasteiger partial charge in [-0.15, -0.1) is 0 Å². The summed E-state index contributed by atoms with van der Waals surface area (Å²) in [4.78, 5) is 14.3. The van der Waals surface area contributed by atoms with Gasteiger partial charge in [0.1, 0.15) is 5.75 Å². The van der Waals surface area contributed by atoms with Crippen molar-refractivity contribution in [2.75, 3.05) is 18.5 Å². The zero-order valence-corrected chi connectivity index (χ0v) is 12.7. The summed E-state index contributed by atoms with van der Waals surface area (Å²) >= 11 is 3.38. The maximum atomic E-state index is 12.5.